The van der Waals surface area contributed by atoms with Crippen molar-refractivity contribution >= 4 is 17.9 Å². The number of rotatable bonds is 5. The first-order valence-electron chi connectivity index (χ1n) is 3.17. The highest BCUT2D eigenvalue weighted by Crippen LogP contribution is 2.15. The quantitative estimate of drug-likeness (QED) is 0.360. The molecule has 0 atom stereocenters. The maximum atomic E-state index is 10.3. The molecule has 17 heteroatoms. The normalized spacial score (nSPS) is 6.13. The van der Waals surface area contributed by atoms with Crippen molar-refractivity contribution in [3.63, 3.8) is 0 Å². The third-order valence-electron chi connectivity index (χ3n) is 1.29. The van der Waals surface area contributed by atoms with E-state index in [1.165, 1.54) is 0 Å². The van der Waals surface area contributed by atoms with Gasteiger partial charge in [0.2, 0.25) is 0 Å². The van der Waals surface area contributed by atoms with E-state index in [1.807, 2.05) is 0 Å². The highest BCUT2D eigenvalue weighted by molar-refractivity contribution is 5.88. The molecule has 0 rings (SSSR count). The van der Waals surface area contributed by atoms with Crippen molar-refractivity contribution in [1.82, 2.24) is 0 Å². The van der Waals surface area contributed by atoms with Crippen LogP contribution < -0.4 is 0 Å². The van der Waals surface area contributed by atoms with Crippen LogP contribution in [0.5, 0.6) is 0 Å². The summed E-state index contributed by atoms with van der Waals surface area (Å²) >= 11 is 0. The zero-order valence-electron chi connectivity index (χ0n) is 11.4. The first kappa shape index (κ1) is 84.1. The summed E-state index contributed by atoms with van der Waals surface area (Å²) in [5.74, 6) is -5.02. The van der Waals surface area contributed by atoms with Gasteiger partial charge in [0.15, 0.2) is 5.60 Å². The first-order valence-corrected chi connectivity index (χ1v) is 3.17. The molecule has 0 heterocycles. The van der Waals surface area contributed by atoms with Crippen LogP contribution in [-0.2, 0) is 14.4 Å². The van der Waals surface area contributed by atoms with Gasteiger partial charge < -0.3 is 75.2 Å². The first-order chi connectivity index (χ1) is 5.78. The fraction of sp³-hybridized carbons (Fsp3) is 0.500. The second-order valence-electron chi connectivity index (χ2n) is 2.48. The number of carboxylic acid groups (broad SMARTS) is 3. The third-order valence-corrected chi connectivity index (χ3v) is 1.29. The van der Waals surface area contributed by atoms with Crippen molar-refractivity contribution in [3.8, 4) is 0 Å². The Balaban J connectivity index is -0.0000000160. The second kappa shape index (κ2) is 32.1. The highest BCUT2D eigenvalue weighted by Gasteiger charge is 2.40. The summed E-state index contributed by atoms with van der Waals surface area (Å²) in [5, 5.41) is 33.8. The molecule has 0 bridgehead atoms. The number of aliphatic carboxylic acids is 3. The smallest absolute Gasteiger partial charge is 0.336 e. The molecular weight excluding hydrogens is 344 g/mol. The topological polar surface area (TPSA) is 447 Å². The van der Waals surface area contributed by atoms with Crippen LogP contribution in [0.2, 0.25) is 0 Å². The van der Waals surface area contributed by atoms with Crippen molar-refractivity contribution < 1.29 is 89.6 Å². The molecule has 0 aliphatic rings. The third kappa shape index (κ3) is 33.0. The summed E-state index contributed by atoms with van der Waals surface area (Å²) < 4.78 is 0. The van der Waals surface area contributed by atoms with Gasteiger partial charge in [0, 0.05) is 0 Å². The van der Waals surface area contributed by atoms with Gasteiger partial charge in [-0.2, -0.15) is 0 Å². The molecular formula is C6H28O17. The summed E-state index contributed by atoms with van der Waals surface area (Å²) in [6.45, 7) is 0. The van der Waals surface area contributed by atoms with E-state index in [-0.39, 0.29) is 54.8 Å². The number of aliphatic hydroxyl groups is 1. The Morgan fingerprint density at radius 1 is 0.565 bits per heavy atom. The minimum atomic E-state index is -2.74. The van der Waals surface area contributed by atoms with Crippen molar-refractivity contribution in [2.24, 2.45) is 0 Å². The van der Waals surface area contributed by atoms with Gasteiger partial charge in [0.1, 0.15) is 0 Å². The highest BCUT2D eigenvalue weighted by atomic mass is 16.4. The van der Waals surface area contributed by atoms with Gasteiger partial charge in [-0.25, -0.2) is 4.79 Å². The second-order valence-corrected chi connectivity index (χ2v) is 2.48. The van der Waals surface area contributed by atoms with Crippen molar-refractivity contribution in [1.29, 1.82) is 0 Å². The van der Waals surface area contributed by atoms with E-state index in [0.29, 0.717) is 0 Å². The molecule has 0 aliphatic heterocycles. The predicted molar refractivity (Wildman–Crippen MR) is 73.2 cm³/mol. The molecule has 0 radical (unpaired) electrons. The molecule has 0 saturated carbocycles. The van der Waals surface area contributed by atoms with Crippen molar-refractivity contribution in [2.75, 3.05) is 0 Å². The lowest BCUT2D eigenvalue weighted by Crippen LogP contribution is -2.42. The number of hydrogen-bond acceptors (Lipinski definition) is 4. The van der Waals surface area contributed by atoms with E-state index in [4.69, 9.17) is 20.4 Å². The van der Waals surface area contributed by atoms with Gasteiger partial charge in [0.25, 0.3) is 0 Å². The SMILES string of the molecule is O.O.O.O.O.O.O.O.O.O.O=C(O)CC(O)(CC(=O)O)C(=O)O. The molecule has 0 aromatic carbocycles. The summed E-state index contributed by atoms with van der Waals surface area (Å²) in [4.78, 5) is 30.5. The Hall–Kier alpha value is -2.03. The molecule has 0 spiro atoms. The Morgan fingerprint density at radius 2 is 0.739 bits per heavy atom. The van der Waals surface area contributed by atoms with E-state index < -0.39 is 36.4 Å². The molecule has 0 amide bonds. The largest absolute Gasteiger partial charge is 0.481 e. The van der Waals surface area contributed by atoms with Crippen LogP contribution in [0.25, 0.3) is 0 Å². The van der Waals surface area contributed by atoms with Crippen LogP contribution in [0.3, 0.4) is 0 Å². The van der Waals surface area contributed by atoms with E-state index in [2.05, 4.69) is 0 Å². The Labute approximate surface area is 127 Å². The Bertz CT molecular complexity index is 233. The molecule has 0 saturated heterocycles. The van der Waals surface area contributed by atoms with Gasteiger partial charge in [-0.05, 0) is 0 Å². The minimum absolute atomic E-state index is 0. The van der Waals surface area contributed by atoms with Crippen LogP contribution in [0, 0.1) is 0 Å². The fourth-order valence-corrected chi connectivity index (χ4v) is 0.714. The fourth-order valence-electron chi connectivity index (χ4n) is 0.714. The summed E-state index contributed by atoms with van der Waals surface area (Å²) in [6, 6.07) is 0. The van der Waals surface area contributed by atoms with E-state index in [0.717, 1.165) is 0 Å². The van der Waals surface area contributed by atoms with Crippen LogP contribution in [0.15, 0.2) is 0 Å². The zero-order valence-corrected chi connectivity index (χ0v) is 11.4. The predicted octanol–water partition coefficient (Wildman–Crippen LogP) is -9.50. The molecule has 0 fully saturated rings. The summed E-state index contributed by atoms with van der Waals surface area (Å²) in [5.41, 5.74) is -2.74. The average molecular weight is 372 g/mol. The monoisotopic (exact) mass is 372 g/mol. The van der Waals surface area contributed by atoms with Gasteiger partial charge in [-0.3, -0.25) is 9.59 Å². The van der Waals surface area contributed by atoms with Crippen molar-refractivity contribution in [2.45, 2.75) is 18.4 Å². The summed E-state index contributed by atoms with van der Waals surface area (Å²) in [6.07, 6.45) is -2.29. The van der Waals surface area contributed by atoms with Gasteiger partial charge in [0.05, 0.1) is 12.8 Å². The zero-order chi connectivity index (χ0) is 10.6. The molecule has 154 valence electrons. The molecule has 23 heavy (non-hydrogen) atoms. The van der Waals surface area contributed by atoms with Crippen LogP contribution in [0.4, 0.5) is 0 Å². The number of hydrogen-bond donors (Lipinski definition) is 4. The minimum Gasteiger partial charge on any atom is -0.481 e. The molecule has 0 aromatic rings. The standard InChI is InChI=1S/C6H8O7.10H2O/c7-3(8)1-6(13,5(11)12)2-4(9)10;;;;;;;;;;/h13H,1-2H2,(H,7,8)(H,9,10)(H,11,12);10*1H2. The molecule has 0 unspecified atom stereocenters. The van der Waals surface area contributed by atoms with Gasteiger partial charge in [-0.15, -0.1) is 0 Å². The lowest BCUT2D eigenvalue weighted by molar-refractivity contribution is -0.170. The molecule has 0 aromatic heterocycles. The van der Waals surface area contributed by atoms with E-state index in [1.54, 1.807) is 0 Å². The van der Waals surface area contributed by atoms with Crippen molar-refractivity contribution in [3.05, 3.63) is 0 Å². The van der Waals surface area contributed by atoms with E-state index in [9.17, 15) is 14.4 Å². The van der Waals surface area contributed by atoms with Crippen LogP contribution in [-0.4, -0.2) is 98.7 Å². The van der Waals surface area contributed by atoms with Gasteiger partial charge >= 0.3 is 17.9 Å². The maximum Gasteiger partial charge on any atom is 0.336 e. The molecule has 17 nitrogen and oxygen atoms in total. The summed E-state index contributed by atoms with van der Waals surface area (Å²) in [7, 11) is 0. The number of carboxylic acids is 3. The molecule has 24 N–H and O–H groups in total. The van der Waals surface area contributed by atoms with E-state index >= 15 is 0 Å². The lowest BCUT2D eigenvalue weighted by Gasteiger charge is -2.18. The molecule has 0 aliphatic carbocycles. The lowest BCUT2D eigenvalue weighted by atomic mass is 9.96. The van der Waals surface area contributed by atoms with Crippen LogP contribution in [0.1, 0.15) is 12.8 Å². The Kier molecular flexibility index (Phi) is 117. The Morgan fingerprint density at radius 3 is 0.826 bits per heavy atom. The van der Waals surface area contributed by atoms with Crippen LogP contribution >= 0.6 is 0 Å². The van der Waals surface area contributed by atoms with Gasteiger partial charge in [-0.1, -0.05) is 0 Å². The maximum absolute atomic E-state index is 10.3. The average Bonchev–Trinajstić information content (AvgIpc) is 1.82. The number of carbonyl (C=O) groups is 3.